The summed E-state index contributed by atoms with van der Waals surface area (Å²) in [4.78, 5) is 30.6. The van der Waals surface area contributed by atoms with E-state index in [2.05, 4.69) is 24.0 Å². The van der Waals surface area contributed by atoms with Gasteiger partial charge in [-0.2, -0.15) is 0 Å². The molecule has 0 saturated heterocycles. The van der Waals surface area contributed by atoms with E-state index >= 15 is 0 Å². The first kappa shape index (κ1) is 22.3. The lowest BCUT2D eigenvalue weighted by Crippen LogP contribution is -2.48. The van der Waals surface area contributed by atoms with E-state index in [9.17, 15) is 9.59 Å². The SMILES string of the molecule is CCCC(=O)CCCN=CC(=CN)c1ccc2c(c1)CC(C)[C@H](C1CC1)N2C(C)=O. The summed E-state index contributed by atoms with van der Waals surface area (Å²) in [5, 5.41) is 0. The predicted molar refractivity (Wildman–Crippen MR) is 124 cm³/mol. The highest BCUT2D eigenvalue weighted by molar-refractivity contribution is 6.10. The number of nitrogens with zero attached hydrogens (tertiary/aromatic N) is 2. The number of fused-ring (bicyclic) bond motifs is 1. The van der Waals surface area contributed by atoms with Gasteiger partial charge in [0, 0.05) is 56.0 Å². The average Bonchev–Trinajstić information content (AvgIpc) is 3.54. The van der Waals surface area contributed by atoms with Crippen LogP contribution in [0.1, 0.15) is 70.4 Å². The molecule has 3 rings (SSSR count). The number of ketones is 1. The number of aliphatic imine (C=N–C) groups is 1. The zero-order valence-electron chi connectivity index (χ0n) is 18.6. The van der Waals surface area contributed by atoms with E-state index in [1.165, 1.54) is 18.4 Å². The smallest absolute Gasteiger partial charge is 0.224 e. The molecule has 0 bridgehead atoms. The molecule has 30 heavy (non-hydrogen) atoms. The molecule has 2 N–H and O–H groups in total. The summed E-state index contributed by atoms with van der Waals surface area (Å²) in [6, 6.07) is 6.57. The van der Waals surface area contributed by atoms with Crippen LogP contribution in [0.25, 0.3) is 5.57 Å². The number of hydrogen-bond acceptors (Lipinski definition) is 4. The van der Waals surface area contributed by atoms with Gasteiger partial charge in [-0.05, 0) is 67.2 Å². The van der Waals surface area contributed by atoms with Crippen molar-refractivity contribution in [2.75, 3.05) is 11.4 Å². The van der Waals surface area contributed by atoms with Crippen molar-refractivity contribution in [3.8, 4) is 0 Å². The van der Waals surface area contributed by atoms with E-state index in [0.717, 1.165) is 36.1 Å². The fourth-order valence-electron chi connectivity index (χ4n) is 4.69. The first-order chi connectivity index (χ1) is 14.5. The standard InChI is InChI=1S/C25H35N3O2/c1-4-6-23(30)7-5-12-27-16-22(15-26)20-10-11-24-21(14-20)13-17(2)25(19-8-9-19)28(24)18(3)29/h10-11,14-17,19,25H,4-9,12-13,26H2,1-3H3/t17?,25-/m1/s1. The van der Waals surface area contributed by atoms with E-state index in [1.54, 1.807) is 19.3 Å². The van der Waals surface area contributed by atoms with Gasteiger partial charge < -0.3 is 10.6 Å². The molecule has 5 heteroatoms. The Bertz CT molecular complexity index is 839. The van der Waals surface area contributed by atoms with Gasteiger partial charge in [0.25, 0.3) is 0 Å². The maximum atomic E-state index is 12.5. The van der Waals surface area contributed by atoms with Crippen LogP contribution in [0.2, 0.25) is 0 Å². The molecule has 2 aliphatic rings. The van der Waals surface area contributed by atoms with Crippen molar-refractivity contribution in [1.29, 1.82) is 0 Å². The van der Waals surface area contributed by atoms with Crippen molar-refractivity contribution in [3.05, 3.63) is 35.5 Å². The molecule has 0 radical (unpaired) electrons. The number of Topliss-reactive ketones (excluding diaryl/α,β-unsaturated/α-hetero) is 1. The number of rotatable bonds is 9. The Morgan fingerprint density at radius 2 is 2.03 bits per heavy atom. The van der Waals surface area contributed by atoms with Crippen LogP contribution in [0, 0.1) is 11.8 Å². The summed E-state index contributed by atoms with van der Waals surface area (Å²) < 4.78 is 0. The Balaban J connectivity index is 1.71. The molecule has 1 aromatic rings. The quantitative estimate of drug-likeness (QED) is 0.481. The third-order valence-corrected chi connectivity index (χ3v) is 6.22. The van der Waals surface area contributed by atoms with Crippen molar-refractivity contribution in [3.63, 3.8) is 0 Å². The topological polar surface area (TPSA) is 75.8 Å². The fourth-order valence-corrected chi connectivity index (χ4v) is 4.69. The van der Waals surface area contributed by atoms with Gasteiger partial charge in [-0.1, -0.05) is 19.9 Å². The van der Waals surface area contributed by atoms with E-state index in [1.807, 2.05) is 17.9 Å². The second kappa shape index (κ2) is 10.1. The van der Waals surface area contributed by atoms with E-state index in [-0.39, 0.29) is 5.91 Å². The van der Waals surface area contributed by atoms with Gasteiger partial charge in [0.15, 0.2) is 0 Å². The highest BCUT2D eigenvalue weighted by atomic mass is 16.2. The largest absolute Gasteiger partial charge is 0.404 e. The molecule has 1 fully saturated rings. The van der Waals surface area contributed by atoms with Gasteiger partial charge in [0.1, 0.15) is 5.78 Å². The number of benzene rings is 1. The lowest BCUT2D eigenvalue weighted by atomic mass is 9.83. The highest BCUT2D eigenvalue weighted by Crippen LogP contribution is 2.45. The maximum Gasteiger partial charge on any atom is 0.224 e. The molecule has 162 valence electrons. The Morgan fingerprint density at radius 1 is 1.27 bits per heavy atom. The van der Waals surface area contributed by atoms with Crippen LogP contribution in [-0.2, 0) is 16.0 Å². The molecule has 0 spiro atoms. The molecule has 1 heterocycles. The average molecular weight is 410 g/mol. The number of allylic oxidation sites excluding steroid dienone is 1. The number of carbonyl (C=O) groups is 2. The van der Waals surface area contributed by atoms with E-state index in [0.29, 0.717) is 43.0 Å². The number of carbonyl (C=O) groups excluding carboxylic acids is 2. The molecule has 1 aromatic carbocycles. The summed E-state index contributed by atoms with van der Waals surface area (Å²) in [6.07, 6.45) is 9.73. The summed E-state index contributed by atoms with van der Waals surface area (Å²) in [7, 11) is 0. The van der Waals surface area contributed by atoms with Gasteiger partial charge in [-0.25, -0.2) is 0 Å². The third kappa shape index (κ3) is 5.18. The third-order valence-electron chi connectivity index (χ3n) is 6.22. The maximum absolute atomic E-state index is 12.5. The first-order valence-corrected chi connectivity index (χ1v) is 11.3. The normalized spacial score (nSPS) is 21.7. The van der Waals surface area contributed by atoms with Crippen LogP contribution in [0.4, 0.5) is 5.69 Å². The zero-order valence-corrected chi connectivity index (χ0v) is 18.6. The monoisotopic (exact) mass is 409 g/mol. The van der Waals surface area contributed by atoms with Crippen LogP contribution in [0.5, 0.6) is 0 Å². The van der Waals surface area contributed by atoms with E-state index in [4.69, 9.17) is 5.73 Å². The second-order valence-electron chi connectivity index (χ2n) is 8.79. The molecule has 1 aliphatic heterocycles. The molecule has 2 atom stereocenters. The highest BCUT2D eigenvalue weighted by Gasteiger charge is 2.43. The molecule has 1 saturated carbocycles. The Hall–Kier alpha value is -2.43. The summed E-state index contributed by atoms with van der Waals surface area (Å²) in [5.41, 5.74) is 10.0. The van der Waals surface area contributed by atoms with Gasteiger partial charge in [0.2, 0.25) is 5.91 Å². The number of hydrogen-bond donors (Lipinski definition) is 1. The van der Waals surface area contributed by atoms with Crippen LogP contribution >= 0.6 is 0 Å². The number of amides is 1. The van der Waals surface area contributed by atoms with Crippen LogP contribution < -0.4 is 10.6 Å². The van der Waals surface area contributed by atoms with Crippen molar-refractivity contribution in [1.82, 2.24) is 0 Å². The molecule has 1 amide bonds. The fraction of sp³-hybridized carbons (Fsp3) is 0.560. The molecule has 5 nitrogen and oxygen atoms in total. The molecule has 0 aromatic heterocycles. The minimum absolute atomic E-state index is 0.126. The lowest BCUT2D eigenvalue weighted by molar-refractivity contribution is -0.119. The van der Waals surface area contributed by atoms with Gasteiger partial charge in [-0.15, -0.1) is 0 Å². The van der Waals surface area contributed by atoms with Crippen LogP contribution in [-0.4, -0.2) is 30.5 Å². The van der Waals surface area contributed by atoms with Crippen molar-refractivity contribution >= 4 is 29.2 Å². The first-order valence-electron chi connectivity index (χ1n) is 11.3. The van der Waals surface area contributed by atoms with Crippen molar-refractivity contribution in [2.24, 2.45) is 22.6 Å². The molecular weight excluding hydrogens is 374 g/mol. The predicted octanol–water partition coefficient (Wildman–Crippen LogP) is 4.53. The lowest BCUT2D eigenvalue weighted by Gasteiger charge is -2.41. The summed E-state index contributed by atoms with van der Waals surface area (Å²) in [5.74, 6) is 1.53. The number of anilines is 1. The van der Waals surface area contributed by atoms with Crippen molar-refractivity contribution < 1.29 is 9.59 Å². The Morgan fingerprint density at radius 3 is 2.67 bits per heavy atom. The van der Waals surface area contributed by atoms with Crippen LogP contribution in [0.3, 0.4) is 0 Å². The zero-order chi connectivity index (χ0) is 21.7. The van der Waals surface area contributed by atoms with E-state index < -0.39 is 0 Å². The minimum Gasteiger partial charge on any atom is -0.404 e. The minimum atomic E-state index is 0.126. The second-order valence-corrected chi connectivity index (χ2v) is 8.79. The van der Waals surface area contributed by atoms with Crippen molar-refractivity contribution in [2.45, 2.75) is 71.8 Å². The van der Waals surface area contributed by atoms with Gasteiger partial charge in [-0.3, -0.25) is 14.6 Å². The summed E-state index contributed by atoms with van der Waals surface area (Å²) in [6.45, 7) is 6.58. The van der Waals surface area contributed by atoms with Gasteiger partial charge >= 0.3 is 0 Å². The van der Waals surface area contributed by atoms with Gasteiger partial charge in [0.05, 0.1) is 0 Å². The Kier molecular flexibility index (Phi) is 7.46. The summed E-state index contributed by atoms with van der Waals surface area (Å²) >= 11 is 0. The molecule has 1 unspecified atom stereocenters. The molecular formula is C25H35N3O2. The number of nitrogens with two attached hydrogens (primary N) is 1. The Labute approximate surface area is 180 Å². The van der Waals surface area contributed by atoms with Crippen LogP contribution in [0.15, 0.2) is 29.4 Å². The molecule has 1 aliphatic carbocycles.